The lowest BCUT2D eigenvalue weighted by Gasteiger charge is -2.19. The maximum atomic E-state index is 13.4. The highest BCUT2D eigenvalue weighted by molar-refractivity contribution is 5.80. The summed E-state index contributed by atoms with van der Waals surface area (Å²) >= 11 is 0. The van der Waals surface area contributed by atoms with Crippen LogP contribution >= 0.6 is 0 Å². The summed E-state index contributed by atoms with van der Waals surface area (Å²) in [5.41, 5.74) is 0. The van der Waals surface area contributed by atoms with Crippen LogP contribution in [0.15, 0.2) is 24.3 Å². The van der Waals surface area contributed by atoms with Crippen molar-refractivity contribution >= 4 is 5.91 Å². The van der Waals surface area contributed by atoms with Crippen molar-refractivity contribution in [3.63, 3.8) is 0 Å². The smallest absolute Gasteiger partial charge is 0.260 e. The third-order valence-electron chi connectivity index (χ3n) is 3.31. The fourth-order valence-corrected chi connectivity index (χ4v) is 2.11. The summed E-state index contributed by atoms with van der Waals surface area (Å²) in [5.74, 6) is -0.441. The van der Waals surface area contributed by atoms with Gasteiger partial charge in [0.05, 0.1) is 0 Å². The Hall–Kier alpha value is -1.62. The van der Waals surface area contributed by atoms with E-state index in [9.17, 15) is 9.18 Å². The van der Waals surface area contributed by atoms with E-state index < -0.39 is 11.9 Å². The van der Waals surface area contributed by atoms with Gasteiger partial charge in [0.25, 0.3) is 5.91 Å². The third kappa shape index (κ3) is 6.12. The number of carbonyl (C=O) groups excluding carboxylic acids is 1. The summed E-state index contributed by atoms with van der Waals surface area (Å²) in [6.07, 6.45) is 1.85. The van der Waals surface area contributed by atoms with Crippen molar-refractivity contribution in [2.75, 3.05) is 13.2 Å². The Morgan fingerprint density at radius 1 is 1.38 bits per heavy atom. The molecule has 1 rings (SSSR count). The van der Waals surface area contributed by atoms with Gasteiger partial charge in [-0.05, 0) is 37.8 Å². The molecule has 2 atom stereocenters. The number of aliphatic hydroxyl groups excluding tert-OH is 1. The number of ether oxygens (including phenoxy) is 1. The monoisotopic (exact) mass is 297 g/mol. The number of aliphatic hydroxyl groups is 1. The average molecular weight is 297 g/mol. The second kappa shape index (κ2) is 9.34. The van der Waals surface area contributed by atoms with Crippen LogP contribution in [0.2, 0.25) is 0 Å². The fraction of sp³-hybridized carbons (Fsp3) is 0.562. The van der Waals surface area contributed by atoms with E-state index in [-0.39, 0.29) is 24.2 Å². The summed E-state index contributed by atoms with van der Waals surface area (Å²) in [4.78, 5) is 12.0. The molecule has 1 amide bonds. The van der Waals surface area contributed by atoms with E-state index in [2.05, 4.69) is 12.2 Å². The second-order valence-electron chi connectivity index (χ2n) is 5.10. The molecule has 0 saturated carbocycles. The van der Waals surface area contributed by atoms with Crippen molar-refractivity contribution in [3.05, 3.63) is 30.1 Å². The van der Waals surface area contributed by atoms with Crippen molar-refractivity contribution in [1.82, 2.24) is 5.32 Å². The Kier molecular flexibility index (Phi) is 7.75. The van der Waals surface area contributed by atoms with Gasteiger partial charge in [-0.3, -0.25) is 4.79 Å². The predicted octanol–water partition coefficient (Wildman–Crippen LogP) is 2.51. The van der Waals surface area contributed by atoms with E-state index in [0.29, 0.717) is 13.0 Å². The molecular formula is C16H24FNO3. The standard InChI is InChI=1S/C16H24FNO3/c1-3-6-13(9-10-19)11-18-16(20)12(2)21-15-8-5-4-7-14(15)17/h4-5,7-8,12-13,19H,3,6,9-11H2,1-2H3,(H,18,20). The Labute approximate surface area is 125 Å². The molecule has 21 heavy (non-hydrogen) atoms. The van der Waals surface area contributed by atoms with E-state index in [4.69, 9.17) is 9.84 Å². The highest BCUT2D eigenvalue weighted by Crippen LogP contribution is 2.17. The highest BCUT2D eigenvalue weighted by Gasteiger charge is 2.17. The number of rotatable bonds is 9. The lowest BCUT2D eigenvalue weighted by Crippen LogP contribution is -2.39. The van der Waals surface area contributed by atoms with Crippen LogP contribution in [-0.2, 0) is 4.79 Å². The van der Waals surface area contributed by atoms with Crippen molar-refractivity contribution in [2.24, 2.45) is 5.92 Å². The number of amides is 1. The van der Waals surface area contributed by atoms with Gasteiger partial charge in [0.2, 0.25) is 0 Å². The molecule has 0 aliphatic heterocycles. The van der Waals surface area contributed by atoms with Gasteiger partial charge >= 0.3 is 0 Å². The van der Waals surface area contributed by atoms with Gasteiger partial charge in [0, 0.05) is 13.2 Å². The average Bonchev–Trinajstić information content (AvgIpc) is 2.47. The van der Waals surface area contributed by atoms with Gasteiger partial charge in [-0.1, -0.05) is 25.5 Å². The Morgan fingerprint density at radius 2 is 2.10 bits per heavy atom. The quantitative estimate of drug-likeness (QED) is 0.736. The molecule has 0 radical (unpaired) electrons. The summed E-state index contributed by atoms with van der Waals surface area (Å²) in [7, 11) is 0. The molecule has 0 aliphatic carbocycles. The minimum Gasteiger partial charge on any atom is -0.478 e. The molecule has 0 aliphatic rings. The first-order chi connectivity index (χ1) is 10.1. The van der Waals surface area contributed by atoms with Gasteiger partial charge in [-0.25, -0.2) is 4.39 Å². The third-order valence-corrected chi connectivity index (χ3v) is 3.31. The SMILES string of the molecule is CCCC(CCO)CNC(=O)C(C)Oc1ccccc1F. The molecule has 5 heteroatoms. The van der Waals surface area contributed by atoms with Crippen LogP contribution in [0, 0.1) is 11.7 Å². The lowest BCUT2D eigenvalue weighted by atomic mass is 10.0. The molecule has 118 valence electrons. The molecule has 0 heterocycles. The van der Waals surface area contributed by atoms with Crippen LogP contribution in [0.5, 0.6) is 5.75 Å². The van der Waals surface area contributed by atoms with Gasteiger partial charge in [0.15, 0.2) is 17.7 Å². The van der Waals surface area contributed by atoms with Gasteiger partial charge < -0.3 is 15.2 Å². The minimum absolute atomic E-state index is 0.0700. The van der Waals surface area contributed by atoms with E-state index in [1.54, 1.807) is 19.1 Å². The predicted molar refractivity (Wildman–Crippen MR) is 79.6 cm³/mol. The molecule has 0 fully saturated rings. The van der Waals surface area contributed by atoms with Crippen LogP contribution in [0.3, 0.4) is 0 Å². The van der Waals surface area contributed by atoms with Gasteiger partial charge in [-0.2, -0.15) is 0 Å². The van der Waals surface area contributed by atoms with Crippen LogP contribution in [0.25, 0.3) is 0 Å². The molecule has 1 aromatic carbocycles. The van der Waals surface area contributed by atoms with Crippen molar-refractivity contribution in [3.8, 4) is 5.75 Å². The number of para-hydroxylation sites is 1. The zero-order valence-electron chi connectivity index (χ0n) is 12.6. The Bertz CT molecular complexity index is 433. The first kappa shape index (κ1) is 17.4. The van der Waals surface area contributed by atoms with Gasteiger partial charge in [0.1, 0.15) is 0 Å². The van der Waals surface area contributed by atoms with E-state index >= 15 is 0 Å². The number of nitrogens with one attached hydrogen (secondary N) is 1. The summed E-state index contributed by atoms with van der Waals surface area (Å²) < 4.78 is 18.8. The van der Waals surface area contributed by atoms with Crippen LogP contribution in [0.4, 0.5) is 4.39 Å². The zero-order valence-corrected chi connectivity index (χ0v) is 12.6. The molecule has 0 aromatic heterocycles. The highest BCUT2D eigenvalue weighted by atomic mass is 19.1. The maximum absolute atomic E-state index is 13.4. The van der Waals surface area contributed by atoms with E-state index in [1.807, 2.05) is 0 Å². The first-order valence-electron chi connectivity index (χ1n) is 7.38. The number of halogens is 1. The summed E-state index contributed by atoms with van der Waals surface area (Å²) in [6, 6.07) is 6.00. The number of hydrogen-bond acceptors (Lipinski definition) is 3. The Balaban J connectivity index is 2.45. The molecule has 4 nitrogen and oxygen atoms in total. The molecule has 0 bridgehead atoms. The molecule has 2 N–H and O–H groups in total. The number of hydrogen-bond donors (Lipinski definition) is 2. The normalized spacial score (nSPS) is 13.5. The van der Waals surface area contributed by atoms with Gasteiger partial charge in [-0.15, -0.1) is 0 Å². The first-order valence-corrected chi connectivity index (χ1v) is 7.38. The number of carbonyl (C=O) groups is 1. The molecular weight excluding hydrogens is 273 g/mol. The largest absolute Gasteiger partial charge is 0.478 e. The van der Waals surface area contributed by atoms with Crippen molar-refractivity contribution in [1.29, 1.82) is 0 Å². The van der Waals surface area contributed by atoms with Crippen molar-refractivity contribution < 1.29 is 19.0 Å². The summed E-state index contributed by atoms with van der Waals surface area (Å²) in [5, 5.41) is 11.8. The van der Waals surface area contributed by atoms with Crippen LogP contribution in [-0.4, -0.2) is 30.3 Å². The maximum Gasteiger partial charge on any atom is 0.260 e. The molecule has 2 unspecified atom stereocenters. The molecule has 0 spiro atoms. The molecule has 1 aromatic rings. The minimum atomic E-state index is -0.765. The van der Waals surface area contributed by atoms with Crippen molar-refractivity contribution in [2.45, 2.75) is 39.2 Å². The topological polar surface area (TPSA) is 58.6 Å². The van der Waals surface area contributed by atoms with E-state index in [0.717, 1.165) is 12.8 Å². The zero-order chi connectivity index (χ0) is 15.7. The fourth-order valence-electron chi connectivity index (χ4n) is 2.11. The van der Waals surface area contributed by atoms with E-state index in [1.165, 1.54) is 12.1 Å². The molecule has 0 saturated heterocycles. The Morgan fingerprint density at radius 3 is 2.71 bits per heavy atom. The summed E-state index contributed by atoms with van der Waals surface area (Å²) in [6.45, 7) is 4.26. The van der Waals surface area contributed by atoms with Crippen LogP contribution in [0.1, 0.15) is 33.1 Å². The van der Waals surface area contributed by atoms with Crippen LogP contribution < -0.4 is 10.1 Å². The second-order valence-corrected chi connectivity index (χ2v) is 5.10. The number of benzene rings is 1. The lowest BCUT2D eigenvalue weighted by molar-refractivity contribution is -0.127.